The van der Waals surface area contributed by atoms with E-state index >= 15 is 0 Å². The summed E-state index contributed by atoms with van der Waals surface area (Å²) in [5.41, 5.74) is 0.981. The van der Waals surface area contributed by atoms with Crippen molar-refractivity contribution < 1.29 is 0 Å². The SMILES string of the molecule is CCCCCN(B(C)Nc1ccccc1)B(C)N1C(=NC)N(N)C(C)(C)C1CC. The largest absolute Gasteiger partial charge is 0.415 e. The van der Waals surface area contributed by atoms with Crippen LogP contribution in [-0.2, 0) is 0 Å². The lowest BCUT2D eigenvalue weighted by molar-refractivity contribution is 0.195. The molecule has 0 radical (unpaired) electrons. The Morgan fingerprint density at radius 2 is 1.83 bits per heavy atom. The molecule has 1 heterocycles. The molecule has 0 bridgehead atoms. The standard InChI is InChI=1S/C21H40B2N6/c1-8-10-14-17-27(22(5)26-18-15-12-11-13-16-18)23(6)28-19(9-2)21(3,4)29(24)20(28)25-7/h11-13,15-16,19,26H,8-10,14,17,24H2,1-7H3. The first-order chi connectivity index (χ1) is 13.8. The quantitative estimate of drug-likeness (QED) is 0.356. The third-order valence-corrected chi connectivity index (χ3v) is 6.35. The first kappa shape index (κ1) is 23.6. The molecule has 3 N–H and O–H groups in total. The summed E-state index contributed by atoms with van der Waals surface area (Å²) in [6.07, 6.45) is 4.66. The highest BCUT2D eigenvalue weighted by Crippen LogP contribution is 2.33. The minimum atomic E-state index is -0.164. The second kappa shape index (κ2) is 10.4. The number of hydrazine groups is 1. The van der Waals surface area contributed by atoms with Gasteiger partial charge in [-0.15, -0.1) is 0 Å². The maximum Gasteiger partial charge on any atom is 0.332 e. The number of anilines is 1. The molecular weight excluding hydrogens is 358 g/mol. The lowest BCUT2D eigenvalue weighted by Crippen LogP contribution is -2.61. The van der Waals surface area contributed by atoms with Gasteiger partial charge in [0.25, 0.3) is 0 Å². The van der Waals surface area contributed by atoms with Gasteiger partial charge in [0.2, 0.25) is 0 Å². The van der Waals surface area contributed by atoms with Gasteiger partial charge in [-0.25, -0.2) is 5.84 Å². The van der Waals surface area contributed by atoms with Crippen LogP contribution in [0.1, 0.15) is 53.4 Å². The molecule has 1 aromatic rings. The molecule has 1 aliphatic rings. The summed E-state index contributed by atoms with van der Waals surface area (Å²) in [6, 6.07) is 10.8. The Labute approximate surface area is 179 Å². The van der Waals surface area contributed by atoms with Crippen molar-refractivity contribution in [3.8, 4) is 0 Å². The molecule has 2 rings (SSSR count). The molecule has 1 fully saturated rings. The molecule has 1 aliphatic heterocycles. The number of hydrogen-bond donors (Lipinski definition) is 2. The fourth-order valence-corrected chi connectivity index (χ4v) is 4.64. The molecule has 1 saturated heterocycles. The molecule has 1 aromatic carbocycles. The Balaban J connectivity index is 2.30. The molecule has 0 aromatic heterocycles. The number of unbranched alkanes of at least 4 members (excludes halogenated alkanes) is 2. The van der Waals surface area contributed by atoms with Crippen LogP contribution >= 0.6 is 0 Å². The third kappa shape index (κ3) is 5.10. The van der Waals surface area contributed by atoms with Gasteiger partial charge in [-0.3, -0.25) is 10.0 Å². The lowest BCUT2D eigenvalue weighted by Gasteiger charge is -2.40. The molecule has 6 nitrogen and oxygen atoms in total. The molecule has 0 saturated carbocycles. The number of guanidine groups is 1. The van der Waals surface area contributed by atoms with Gasteiger partial charge in [0.1, 0.15) is 0 Å². The minimum absolute atomic E-state index is 0.164. The normalized spacial score (nSPS) is 19.9. The second-order valence-electron chi connectivity index (χ2n) is 8.64. The molecule has 160 valence electrons. The third-order valence-electron chi connectivity index (χ3n) is 6.35. The van der Waals surface area contributed by atoms with Crippen LogP contribution in [0.15, 0.2) is 35.3 Å². The van der Waals surface area contributed by atoms with E-state index in [1.807, 2.05) is 12.1 Å². The van der Waals surface area contributed by atoms with Gasteiger partial charge in [-0.2, -0.15) is 0 Å². The smallest absolute Gasteiger partial charge is 0.332 e. The molecule has 8 heteroatoms. The van der Waals surface area contributed by atoms with Gasteiger partial charge in [0, 0.05) is 18.8 Å². The Morgan fingerprint density at radius 1 is 1.17 bits per heavy atom. The first-order valence-corrected chi connectivity index (χ1v) is 11.2. The number of nitrogens with two attached hydrogens (primary N) is 1. The monoisotopic (exact) mass is 398 g/mol. The van der Waals surface area contributed by atoms with Crippen LogP contribution in [-0.4, -0.2) is 59.6 Å². The molecule has 1 unspecified atom stereocenters. The van der Waals surface area contributed by atoms with Crippen LogP contribution in [0.5, 0.6) is 0 Å². The summed E-state index contributed by atoms with van der Waals surface area (Å²) in [4.78, 5) is 7.01. The number of benzene rings is 1. The van der Waals surface area contributed by atoms with E-state index in [-0.39, 0.29) is 19.5 Å². The molecule has 0 spiro atoms. The molecule has 1 atom stereocenters. The van der Waals surface area contributed by atoms with E-state index < -0.39 is 0 Å². The molecule has 0 amide bonds. The van der Waals surface area contributed by atoms with E-state index in [4.69, 9.17) is 5.84 Å². The highest BCUT2D eigenvalue weighted by Gasteiger charge is 2.51. The summed E-state index contributed by atoms with van der Waals surface area (Å²) >= 11 is 0. The van der Waals surface area contributed by atoms with Gasteiger partial charge in [0.05, 0.1) is 5.54 Å². The predicted molar refractivity (Wildman–Crippen MR) is 129 cm³/mol. The summed E-state index contributed by atoms with van der Waals surface area (Å²) in [7, 11) is 1.84. The van der Waals surface area contributed by atoms with Crippen LogP contribution in [0.4, 0.5) is 5.69 Å². The van der Waals surface area contributed by atoms with Crippen LogP contribution in [0.25, 0.3) is 0 Å². The molecule has 0 aliphatic carbocycles. The van der Waals surface area contributed by atoms with Crippen molar-refractivity contribution in [3.05, 3.63) is 30.3 Å². The highest BCUT2D eigenvalue weighted by molar-refractivity contribution is 6.73. The van der Waals surface area contributed by atoms with Crippen molar-refractivity contribution in [2.24, 2.45) is 10.8 Å². The number of nitrogens with one attached hydrogen (secondary N) is 1. The number of hydrogen-bond acceptors (Lipinski definition) is 4. The van der Waals surface area contributed by atoms with E-state index in [2.05, 4.69) is 91.4 Å². The van der Waals surface area contributed by atoms with Crippen molar-refractivity contribution in [2.75, 3.05) is 18.8 Å². The van der Waals surface area contributed by atoms with E-state index in [0.717, 1.165) is 24.6 Å². The van der Waals surface area contributed by atoms with Crippen molar-refractivity contribution in [1.82, 2.24) is 14.5 Å². The van der Waals surface area contributed by atoms with Crippen LogP contribution in [0, 0.1) is 0 Å². The summed E-state index contributed by atoms with van der Waals surface area (Å²) < 4.78 is 2.55. The van der Waals surface area contributed by atoms with Crippen LogP contribution < -0.4 is 11.1 Å². The Morgan fingerprint density at radius 3 is 2.38 bits per heavy atom. The lowest BCUT2D eigenvalue weighted by atomic mass is 9.60. The zero-order chi connectivity index (χ0) is 21.6. The summed E-state index contributed by atoms with van der Waals surface area (Å²) in [5, 5.41) is 5.54. The van der Waals surface area contributed by atoms with Gasteiger partial charge in [-0.05, 0) is 45.4 Å². The maximum absolute atomic E-state index is 6.51. The Bertz CT molecular complexity index is 654. The van der Waals surface area contributed by atoms with Crippen LogP contribution in [0.2, 0.25) is 13.6 Å². The van der Waals surface area contributed by atoms with Crippen molar-refractivity contribution in [2.45, 2.75) is 78.6 Å². The van der Waals surface area contributed by atoms with Crippen molar-refractivity contribution in [1.29, 1.82) is 0 Å². The predicted octanol–water partition coefficient (Wildman–Crippen LogP) is 3.86. The first-order valence-electron chi connectivity index (χ1n) is 11.2. The fourth-order valence-electron chi connectivity index (χ4n) is 4.64. The highest BCUT2D eigenvalue weighted by atomic mass is 15.6. The minimum Gasteiger partial charge on any atom is -0.415 e. The Kier molecular flexibility index (Phi) is 8.46. The second-order valence-corrected chi connectivity index (χ2v) is 8.64. The average Bonchev–Trinajstić information content (AvgIpc) is 2.90. The zero-order valence-corrected chi connectivity index (χ0v) is 19.5. The Hall–Kier alpha value is -1.66. The van der Waals surface area contributed by atoms with Gasteiger partial charge >= 0.3 is 14.0 Å². The zero-order valence-electron chi connectivity index (χ0n) is 19.5. The van der Waals surface area contributed by atoms with Crippen LogP contribution in [0.3, 0.4) is 0 Å². The average molecular weight is 398 g/mol. The van der Waals surface area contributed by atoms with E-state index in [1.165, 1.54) is 19.3 Å². The van der Waals surface area contributed by atoms with Gasteiger partial charge < -0.3 is 14.8 Å². The number of rotatable bonds is 10. The molecule has 29 heavy (non-hydrogen) atoms. The van der Waals surface area contributed by atoms with E-state index in [0.29, 0.717) is 6.04 Å². The van der Waals surface area contributed by atoms with Crippen molar-refractivity contribution >= 4 is 25.6 Å². The number of nitrogens with zero attached hydrogens (tertiary/aromatic N) is 4. The topological polar surface area (TPSA) is 60.1 Å². The number of para-hydroxylation sites is 1. The van der Waals surface area contributed by atoms with E-state index in [1.54, 1.807) is 0 Å². The van der Waals surface area contributed by atoms with Crippen molar-refractivity contribution in [3.63, 3.8) is 0 Å². The molecular formula is C21H40B2N6. The van der Waals surface area contributed by atoms with E-state index in [9.17, 15) is 0 Å². The summed E-state index contributed by atoms with van der Waals surface area (Å²) in [5.74, 6) is 7.39. The van der Waals surface area contributed by atoms with Gasteiger partial charge in [-0.1, -0.05) is 58.5 Å². The number of aliphatic imine (C=N–C) groups is 1. The van der Waals surface area contributed by atoms with Gasteiger partial charge in [0.15, 0.2) is 5.96 Å². The summed E-state index contributed by atoms with van der Waals surface area (Å²) in [6.45, 7) is 14.9. The fraction of sp³-hybridized carbons (Fsp3) is 0.667. The maximum atomic E-state index is 6.51.